The lowest BCUT2D eigenvalue weighted by Gasteiger charge is -2.22. The molecular formula is C33H58O15P2S2. The molecule has 52 heavy (non-hydrogen) atoms. The van der Waals surface area contributed by atoms with Gasteiger partial charge >= 0.3 is 15.6 Å². The molecule has 2 unspecified atom stereocenters. The molecule has 0 heterocycles. The first-order valence-corrected chi connectivity index (χ1v) is 22.3. The SMILES string of the molecule is CC(C)(C)OP(=O)(O)OCCCCCCCC(=O)CSC1=C(SCC(=O)CCCOCCOCCOCCOP(=O)(O)OC(C)(C)C)C(=O)CC1=O. The summed E-state index contributed by atoms with van der Waals surface area (Å²) >= 11 is 2.11. The van der Waals surface area contributed by atoms with E-state index in [-0.39, 0.29) is 83.7 Å². The highest BCUT2D eigenvalue weighted by molar-refractivity contribution is 8.08. The van der Waals surface area contributed by atoms with Gasteiger partial charge < -0.3 is 24.0 Å². The highest BCUT2D eigenvalue weighted by Crippen LogP contribution is 2.48. The minimum absolute atomic E-state index is 0.0296. The van der Waals surface area contributed by atoms with Crippen LogP contribution in [0.25, 0.3) is 0 Å². The van der Waals surface area contributed by atoms with Gasteiger partial charge in [0.15, 0.2) is 11.6 Å². The van der Waals surface area contributed by atoms with Gasteiger partial charge in [-0.2, -0.15) is 0 Å². The lowest BCUT2D eigenvalue weighted by Crippen LogP contribution is -2.19. The molecule has 0 aromatic heterocycles. The van der Waals surface area contributed by atoms with Crippen LogP contribution < -0.4 is 0 Å². The number of phosphoric acid groups is 2. The van der Waals surface area contributed by atoms with E-state index in [1.165, 1.54) is 0 Å². The van der Waals surface area contributed by atoms with Crippen LogP contribution in [0.4, 0.5) is 0 Å². The molecular weight excluding hydrogens is 762 g/mol. The molecule has 0 spiro atoms. The van der Waals surface area contributed by atoms with Crippen molar-refractivity contribution < 1.29 is 70.4 Å². The Balaban J connectivity index is 2.14. The molecule has 0 fully saturated rings. The van der Waals surface area contributed by atoms with E-state index in [0.717, 1.165) is 42.8 Å². The fraction of sp³-hybridized carbons (Fsp3) is 0.818. The number of thioether (sulfide) groups is 2. The lowest BCUT2D eigenvalue weighted by atomic mass is 10.1. The maximum absolute atomic E-state index is 12.4. The predicted octanol–water partition coefficient (Wildman–Crippen LogP) is 6.38. The molecule has 0 bridgehead atoms. The molecule has 19 heteroatoms. The number of carbonyl (C=O) groups is 4. The first-order chi connectivity index (χ1) is 24.2. The molecule has 302 valence electrons. The van der Waals surface area contributed by atoms with Crippen LogP contribution in [0.2, 0.25) is 0 Å². The number of allylic oxidation sites excluding steroid dienone is 2. The summed E-state index contributed by atoms with van der Waals surface area (Å²) < 4.78 is 59.6. The van der Waals surface area contributed by atoms with Gasteiger partial charge in [0.1, 0.15) is 11.6 Å². The summed E-state index contributed by atoms with van der Waals surface area (Å²) in [6.07, 6.45) is 4.50. The van der Waals surface area contributed by atoms with E-state index in [1.54, 1.807) is 41.5 Å². The Morgan fingerprint density at radius 3 is 1.44 bits per heavy atom. The second kappa shape index (κ2) is 25.4. The van der Waals surface area contributed by atoms with Gasteiger partial charge in [-0.3, -0.25) is 37.3 Å². The Morgan fingerprint density at radius 1 is 0.577 bits per heavy atom. The van der Waals surface area contributed by atoms with Crippen molar-refractivity contribution >= 4 is 62.3 Å². The summed E-state index contributed by atoms with van der Waals surface area (Å²) in [6.45, 7) is 11.6. The topological polar surface area (TPSA) is 207 Å². The fourth-order valence-corrected chi connectivity index (χ4v) is 8.67. The van der Waals surface area contributed by atoms with Crippen LogP contribution >= 0.6 is 39.2 Å². The van der Waals surface area contributed by atoms with Crippen LogP contribution in [-0.4, -0.2) is 108 Å². The van der Waals surface area contributed by atoms with Gasteiger partial charge in [0, 0.05) is 19.4 Å². The third kappa shape index (κ3) is 26.1. The van der Waals surface area contributed by atoms with Gasteiger partial charge in [-0.15, -0.1) is 23.5 Å². The Labute approximate surface area is 316 Å². The average molecular weight is 821 g/mol. The van der Waals surface area contributed by atoms with Crippen molar-refractivity contribution in [1.82, 2.24) is 0 Å². The second-order valence-electron chi connectivity index (χ2n) is 13.8. The monoisotopic (exact) mass is 820 g/mol. The minimum atomic E-state index is -4.14. The molecule has 0 amide bonds. The standard InChI is InChI=1S/C33H58O15P2S2/c1-32(2,3)47-49(38,39)45-16-11-9-7-8-10-13-26(34)24-51-30-28(36)23-29(37)31(30)52-25-27(35)14-12-15-42-17-18-43-19-20-44-21-22-46-50(40,41)48-33(4,5)6/h7-25H2,1-6H3,(H,38,39)(H,40,41). The molecule has 1 aliphatic carbocycles. The summed E-state index contributed by atoms with van der Waals surface area (Å²) in [4.78, 5) is 69.5. The Kier molecular flexibility index (Phi) is 24.0. The first kappa shape index (κ1) is 49.2. The smallest absolute Gasteiger partial charge is 0.379 e. The molecule has 0 saturated carbocycles. The van der Waals surface area contributed by atoms with Gasteiger partial charge in [0.2, 0.25) is 0 Å². The van der Waals surface area contributed by atoms with E-state index in [0.29, 0.717) is 52.1 Å². The zero-order valence-corrected chi connectivity index (χ0v) is 34.8. The first-order valence-electron chi connectivity index (χ1n) is 17.4. The minimum Gasteiger partial charge on any atom is -0.379 e. The Morgan fingerprint density at radius 2 is 0.962 bits per heavy atom. The molecule has 2 atom stereocenters. The fourth-order valence-electron chi connectivity index (χ4n) is 4.31. The maximum atomic E-state index is 12.4. The van der Waals surface area contributed by atoms with Gasteiger partial charge in [-0.05, 0) is 60.8 Å². The molecule has 0 aliphatic heterocycles. The van der Waals surface area contributed by atoms with Crippen LogP contribution in [0.5, 0.6) is 0 Å². The van der Waals surface area contributed by atoms with E-state index in [4.69, 9.17) is 32.3 Å². The van der Waals surface area contributed by atoms with Crippen molar-refractivity contribution in [2.24, 2.45) is 0 Å². The summed E-state index contributed by atoms with van der Waals surface area (Å²) in [5, 5.41) is 0. The number of ketones is 4. The third-order valence-corrected chi connectivity index (χ3v) is 11.5. The third-order valence-electron chi connectivity index (χ3n) is 6.39. The number of unbranched alkanes of at least 4 members (excludes halogenated alkanes) is 4. The molecule has 15 nitrogen and oxygen atoms in total. The molecule has 0 aromatic carbocycles. The van der Waals surface area contributed by atoms with Crippen LogP contribution in [0.3, 0.4) is 0 Å². The number of rotatable bonds is 31. The van der Waals surface area contributed by atoms with Gasteiger partial charge in [0.05, 0.1) is 85.2 Å². The summed E-state index contributed by atoms with van der Waals surface area (Å²) in [7, 11) is -8.22. The zero-order chi connectivity index (χ0) is 39.3. The summed E-state index contributed by atoms with van der Waals surface area (Å²) in [5.41, 5.74) is -1.60. The van der Waals surface area contributed by atoms with E-state index in [2.05, 4.69) is 0 Å². The maximum Gasteiger partial charge on any atom is 0.472 e. The lowest BCUT2D eigenvalue weighted by molar-refractivity contribution is -0.120. The Hall–Kier alpha value is -0.780. The molecule has 1 aliphatic rings. The quantitative estimate of drug-likeness (QED) is 0.0442. The normalized spacial score (nSPS) is 16.4. The number of carbonyl (C=O) groups excluding carboxylic acids is 4. The molecule has 0 aromatic rings. The van der Waals surface area contributed by atoms with E-state index >= 15 is 0 Å². The van der Waals surface area contributed by atoms with Gasteiger partial charge in [0.25, 0.3) is 0 Å². The molecule has 0 radical (unpaired) electrons. The Bertz CT molecular complexity index is 1260. The van der Waals surface area contributed by atoms with Crippen molar-refractivity contribution in [1.29, 1.82) is 0 Å². The largest absolute Gasteiger partial charge is 0.472 e. The number of Topliss-reactive ketones (excluding diaryl/α,β-unsaturated/α-hetero) is 4. The molecule has 1 rings (SSSR count). The van der Waals surface area contributed by atoms with Crippen molar-refractivity contribution in [3.63, 3.8) is 0 Å². The number of phosphoric ester groups is 2. The second-order valence-corrected chi connectivity index (χ2v) is 18.5. The van der Waals surface area contributed by atoms with E-state index < -0.39 is 26.8 Å². The van der Waals surface area contributed by atoms with Gasteiger partial charge in [-0.25, -0.2) is 9.13 Å². The van der Waals surface area contributed by atoms with Crippen LogP contribution in [0.1, 0.15) is 99.3 Å². The molecule has 2 N–H and O–H groups in total. The average Bonchev–Trinajstić information content (AvgIpc) is 3.27. The predicted molar refractivity (Wildman–Crippen MR) is 199 cm³/mol. The van der Waals surface area contributed by atoms with Crippen LogP contribution in [-0.2, 0) is 60.6 Å². The van der Waals surface area contributed by atoms with Crippen molar-refractivity contribution in [2.45, 2.75) is 111 Å². The van der Waals surface area contributed by atoms with E-state index in [1.807, 2.05) is 0 Å². The highest BCUT2D eigenvalue weighted by atomic mass is 32.2. The van der Waals surface area contributed by atoms with Crippen LogP contribution in [0.15, 0.2) is 9.81 Å². The van der Waals surface area contributed by atoms with Crippen molar-refractivity contribution in [2.75, 3.05) is 64.4 Å². The number of hydrogen-bond donors (Lipinski definition) is 2. The number of ether oxygens (including phenoxy) is 3. The van der Waals surface area contributed by atoms with Crippen molar-refractivity contribution in [3.8, 4) is 0 Å². The summed E-state index contributed by atoms with van der Waals surface area (Å²) in [5.74, 6) is -0.637. The van der Waals surface area contributed by atoms with E-state index in [9.17, 15) is 38.1 Å². The van der Waals surface area contributed by atoms with Crippen LogP contribution in [0, 0.1) is 0 Å². The summed E-state index contributed by atoms with van der Waals surface area (Å²) in [6, 6.07) is 0. The highest BCUT2D eigenvalue weighted by Gasteiger charge is 2.32. The number of hydrogen-bond acceptors (Lipinski definition) is 15. The molecule has 0 saturated heterocycles. The zero-order valence-electron chi connectivity index (χ0n) is 31.3. The van der Waals surface area contributed by atoms with Gasteiger partial charge in [-0.1, -0.05) is 19.3 Å². The van der Waals surface area contributed by atoms with Crippen molar-refractivity contribution in [3.05, 3.63) is 9.81 Å².